The van der Waals surface area contributed by atoms with Gasteiger partial charge in [0.2, 0.25) is 0 Å². The molecule has 7 heteroatoms. The van der Waals surface area contributed by atoms with Crippen LogP contribution >= 0.6 is 0 Å². The van der Waals surface area contributed by atoms with Gasteiger partial charge >= 0.3 is 0 Å². The number of rotatable bonds is 2. The number of hydrogen-bond donors (Lipinski definition) is 1. The smallest absolute Gasteiger partial charge is 0.254 e. The van der Waals surface area contributed by atoms with E-state index in [9.17, 15) is 4.79 Å². The first-order chi connectivity index (χ1) is 10.2. The highest BCUT2D eigenvalue weighted by Gasteiger charge is 2.20. The Morgan fingerprint density at radius 1 is 1.24 bits per heavy atom. The topological polar surface area (TPSA) is 89.9 Å². The Bertz CT molecular complexity index is 612. The summed E-state index contributed by atoms with van der Waals surface area (Å²) in [6.45, 7) is 1.47. The molecule has 3 heterocycles. The third kappa shape index (κ3) is 3.08. The summed E-state index contributed by atoms with van der Waals surface area (Å²) in [5.41, 5.74) is 6.59. The molecule has 2 aromatic heterocycles. The largest absolute Gasteiger partial charge is 0.339 e. The first kappa shape index (κ1) is 13.7. The van der Waals surface area contributed by atoms with Crippen molar-refractivity contribution in [1.82, 2.24) is 24.6 Å². The molecule has 0 saturated carbocycles. The van der Waals surface area contributed by atoms with Crippen LogP contribution in [0.15, 0.2) is 31.0 Å². The van der Waals surface area contributed by atoms with E-state index in [0.717, 1.165) is 25.8 Å². The molecular formula is C14H18N6O. The Kier molecular flexibility index (Phi) is 3.92. The number of nitrogens with two attached hydrogens (primary N) is 1. The normalized spacial score (nSPS) is 19.3. The fourth-order valence-corrected chi connectivity index (χ4v) is 2.52. The Morgan fingerprint density at radius 2 is 2.05 bits per heavy atom. The van der Waals surface area contributed by atoms with E-state index in [-0.39, 0.29) is 11.9 Å². The van der Waals surface area contributed by atoms with Crippen LogP contribution in [-0.4, -0.2) is 49.7 Å². The van der Waals surface area contributed by atoms with Crippen LogP contribution in [0, 0.1) is 0 Å². The van der Waals surface area contributed by atoms with Crippen molar-refractivity contribution in [2.75, 3.05) is 13.1 Å². The second kappa shape index (κ2) is 6.01. The second-order valence-corrected chi connectivity index (χ2v) is 5.26. The first-order valence-corrected chi connectivity index (χ1v) is 7.10. The van der Waals surface area contributed by atoms with Gasteiger partial charge in [0.1, 0.15) is 18.5 Å². The van der Waals surface area contributed by atoms with Crippen molar-refractivity contribution in [2.24, 2.45) is 5.73 Å². The molecule has 1 atom stereocenters. The number of nitrogens with zero attached hydrogens (tertiary/aromatic N) is 5. The maximum absolute atomic E-state index is 12.6. The van der Waals surface area contributed by atoms with E-state index in [1.807, 2.05) is 4.90 Å². The lowest BCUT2D eigenvalue weighted by molar-refractivity contribution is 0.0761. The average Bonchev–Trinajstić information content (AvgIpc) is 2.96. The molecule has 1 fully saturated rings. The van der Waals surface area contributed by atoms with Gasteiger partial charge in [-0.2, -0.15) is 0 Å². The lowest BCUT2D eigenvalue weighted by Gasteiger charge is -2.20. The average molecular weight is 286 g/mol. The summed E-state index contributed by atoms with van der Waals surface area (Å²) in [5.74, 6) is 0.665. The molecule has 21 heavy (non-hydrogen) atoms. The highest BCUT2D eigenvalue weighted by Crippen LogP contribution is 2.14. The highest BCUT2D eigenvalue weighted by atomic mass is 16.2. The molecule has 7 nitrogen and oxygen atoms in total. The maximum atomic E-state index is 12.6. The van der Waals surface area contributed by atoms with Crippen LogP contribution in [0.4, 0.5) is 0 Å². The Morgan fingerprint density at radius 3 is 2.86 bits per heavy atom. The van der Waals surface area contributed by atoms with Crippen LogP contribution in [-0.2, 0) is 0 Å². The number of likely N-dealkylation sites (tertiary alicyclic amines) is 1. The highest BCUT2D eigenvalue weighted by molar-refractivity contribution is 5.94. The Balaban J connectivity index is 1.80. The Hall–Kier alpha value is -2.28. The second-order valence-electron chi connectivity index (χ2n) is 5.26. The van der Waals surface area contributed by atoms with E-state index in [2.05, 4.69) is 15.2 Å². The lowest BCUT2D eigenvalue weighted by atomic mass is 10.1. The molecule has 110 valence electrons. The molecule has 0 radical (unpaired) electrons. The van der Waals surface area contributed by atoms with Gasteiger partial charge in [-0.1, -0.05) is 0 Å². The molecule has 1 amide bonds. The molecule has 0 spiro atoms. The van der Waals surface area contributed by atoms with E-state index in [4.69, 9.17) is 5.73 Å². The monoisotopic (exact) mass is 286 g/mol. The van der Waals surface area contributed by atoms with Crippen molar-refractivity contribution in [2.45, 2.75) is 25.3 Å². The summed E-state index contributed by atoms with van der Waals surface area (Å²) in [5, 5.41) is 7.49. The van der Waals surface area contributed by atoms with Crippen molar-refractivity contribution < 1.29 is 4.79 Å². The van der Waals surface area contributed by atoms with E-state index < -0.39 is 0 Å². The Labute approximate surface area is 122 Å². The predicted octanol–water partition coefficient (Wildman–Crippen LogP) is 0.616. The molecule has 1 unspecified atom stereocenters. The van der Waals surface area contributed by atoms with E-state index in [0.29, 0.717) is 17.9 Å². The number of aromatic nitrogens is 4. The van der Waals surface area contributed by atoms with Crippen LogP contribution in [0.1, 0.15) is 29.6 Å². The minimum Gasteiger partial charge on any atom is -0.339 e. The zero-order chi connectivity index (χ0) is 14.7. The fourth-order valence-electron chi connectivity index (χ4n) is 2.52. The standard InChI is InChI=1S/C14H18N6O/c15-12-2-1-6-19(7-4-12)14(21)11-3-5-16-13(8-11)20-9-17-18-10-20/h3,5,8-10,12H,1-2,4,6-7,15H2. The van der Waals surface area contributed by atoms with Gasteiger partial charge in [-0.05, 0) is 31.4 Å². The van der Waals surface area contributed by atoms with Gasteiger partial charge in [-0.15, -0.1) is 10.2 Å². The van der Waals surface area contributed by atoms with Crippen LogP contribution < -0.4 is 5.73 Å². The van der Waals surface area contributed by atoms with Gasteiger partial charge < -0.3 is 10.6 Å². The molecule has 1 aliphatic heterocycles. The van der Waals surface area contributed by atoms with Crippen LogP contribution in [0.25, 0.3) is 5.82 Å². The fraction of sp³-hybridized carbons (Fsp3) is 0.429. The summed E-state index contributed by atoms with van der Waals surface area (Å²) in [7, 11) is 0. The predicted molar refractivity (Wildman–Crippen MR) is 76.9 cm³/mol. The van der Waals surface area contributed by atoms with E-state index in [1.54, 1.807) is 35.6 Å². The molecule has 3 rings (SSSR count). The van der Waals surface area contributed by atoms with E-state index in [1.165, 1.54) is 0 Å². The van der Waals surface area contributed by atoms with Gasteiger partial charge in [-0.3, -0.25) is 9.36 Å². The van der Waals surface area contributed by atoms with Gasteiger partial charge in [0.25, 0.3) is 5.91 Å². The van der Waals surface area contributed by atoms with Crippen LogP contribution in [0.3, 0.4) is 0 Å². The van der Waals surface area contributed by atoms with Crippen molar-refractivity contribution in [3.8, 4) is 5.82 Å². The molecule has 1 saturated heterocycles. The number of hydrogen-bond acceptors (Lipinski definition) is 5. The molecular weight excluding hydrogens is 268 g/mol. The summed E-state index contributed by atoms with van der Waals surface area (Å²) in [4.78, 5) is 18.7. The summed E-state index contributed by atoms with van der Waals surface area (Å²) >= 11 is 0. The minimum absolute atomic E-state index is 0.0285. The molecule has 1 aliphatic rings. The van der Waals surface area contributed by atoms with Gasteiger partial charge in [0.15, 0.2) is 0 Å². The SMILES string of the molecule is NC1CCCN(C(=O)c2ccnc(-n3cnnc3)c2)CC1. The summed E-state index contributed by atoms with van der Waals surface area (Å²) < 4.78 is 1.68. The van der Waals surface area contributed by atoms with Gasteiger partial charge in [0, 0.05) is 30.9 Å². The van der Waals surface area contributed by atoms with Crippen molar-refractivity contribution in [3.05, 3.63) is 36.5 Å². The molecule has 2 N–H and O–H groups in total. The third-order valence-corrected chi connectivity index (χ3v) is 3.74. The molecule has 0 bridgehead atoms. The number of amides is 1. The van der Waals surface area contributed by atoms with E-state index >= 15 is 0 Å². The van der Waals surface area contributed by atoms with Crippen molar-refractivity contribution in [3.63, 3.8) is 0 Å². The number of carbonyl (C=O) groups is 1. The third-order valence-electron chi connectivity index (χ3n) is 3.74. The summed E-state index contributed by atoms with van der Waals surface area (Å²) in [6, 6.07) is 3.70. The zero-order valence-electron chi connectivity index (χ0n) is 11.7. The minimum atomic E-state index is 0.0285. The molecule has 0 aromatic carbocycles. The van der Waals surface area contributed by atoms with Gasteiger partial charge in [-0.25, -0.2) is 4.98 Å². The zero-order valence-corrected chi connectivity index (χ0v) is 11.7. The number of carbonyl (C=O) groups excluding carboxylic acids is 1. The lowest BCUT2D eigenvalue weighted by Crippen LogP contribution is -2.32. The van der Waals surface area contributed by atoms with Crippen LogP contribution in [0.5, 0.6) is 0 Å². The van der Waals surface area contributed by atoms with Crippen molar-refractivity contribution >= 4 is 5.91 Å². The molecule has 0 aliphatic carbocycles. The number of pyridine rings is 1. The van der Waals surface area contributed by atoms with Crippen LogP contribution in [0.2, 0.25) is 0 Å². The molecule has 2 aromatic rings. The quantitative estimate of drug-likeness (QED) is 0.874. The summed E-state index contributed by atoms with van der Waals surface area (Å²) in [6.07, 6.45) is 7.53. The first-order valence-electron chi connectivity index (χ1n) is 7.10. The van der Waals surface area contributed by atoms with Crippen molar-refractivity contribution in [1.29, 1.82) is 0 Å². The van der Waals surface area contributed by atoms with Gasteiger partial charge in [0.05, 0.1) is 0 Å². The maximum Gasteiger partial charge on any atom is 0.254 e.